The molecule has 8 nitrogen and oxygen atoms in total. The van der Waals surface area contributed by atoms with Crippen molar-refractivity contribution in [3.63, 3.8) is 0 Å². The van der Waals surface area contributed by atoms with E-state index in [2.05, 4.69) is 25.4 Å². The molecule has 20 heavy (non-hydrogen) atoms. The van der Waals surface area contributed by atoms with Crippen molar-refractivity contribution >= 4 is 5.91 Å². The number of nitrogens with zero attached hydrogens (tertiary/aromatic N) is 5. The Balaban J connectivity index is 1.53. The average Bonchev–Trinajstić information content (AvgIpc) is 3.03. The zero-order chi connectivity index (χ0) is 13.8. The summed E-state index contributed by atoms with van der Waals surface area (Å²) in [4.78, 5) is 21.9. The van der Waals surface area contributed by atoms with Crippen molar-refractivity contribution in [2.24, 2.45) is 0 Å². The monoisotopic (exact) mass is 274 g/mol. The van der Waals surface area contributed by atoms with Gasteiger partial charge in [-0.15, -0.1) is 5.10 Å². The van der Waals surface area contributed by atoms with Crippen LogP contribution < -0.4 is 4.74 Å². The lowest BCUT2D eigenvalue weighted by molar-refractivity contribution is 0.0573. The summed E-state index contributed by atoms with van der Waals surface area (Å²) in [5.41, 5.74) is 0.413. The molecule has 0 aromatic carbocycles. The van der Waals surface area contributed by atoms with Crippen LogP contribution in [-0.4, -0.2) is 55.4 Å². The molecule has 3 rings (SSSR count). The number of carbonyl (C=O) groups is 1. The molecule has 1 N–H and O–H groups in total. The van der Waals surface area contributed by atoms with E-state index in [1.165, 1.54) is 6.20 Å². The number of aromatic nitrogens is 5. The van der Waals surface area contributed by atoms with E-state index in [0.717, 1.165) is 12.8 Å². The SMILES string of the molecule is O=C(c1cnn[nH]1)N1CCC(Oc2ncccn2)CC1. The molecule has 0 atom stereocenters. The lowest BCUT2D eigenvalue weighted by atomic mass is 10.1. The van der Waals surface area contributed by atoms with E-state index in [4.69, 9.17) is 4.74 Å². The third-order valence-corrected chi connectivity index (χ3v) is 3.19. The highest BCUT2D eigenvalue weighted by Crippen LogP contribution is 2.16. The number of carbonyl (C=O) groups excluding carboxylic acids is 1. The van der Waals surface area contributed by atoms with E-state index in [0.29, 0.717) is 24.8 Å². The number of ether oxygens (including phenoxy) is 1. The van der Waals surface area contributed by atoms with Crippen LogP contribution in [0.25, 0.3) is 0 Å². The first-order valence-corrected chi connectivity index (χ1v) is 6.42. The summed E-state index contributed by atoms with van der Waals surface area (Å²) in [7, 11) is 0. The smallest absolute Gasteiger partial charge is 0.316 e. The molecular formula is C12H14N6O2. The van der Waals surface area contributed by atoms with E-state index in [9.17, 15) is 4.79 Å². The molecule has 0 saturated carbocycles. The number of nitrogens with one attached hydrogen (secondary N) is 1. The number of hydrogen-bond donors (Lipinski definition) is 1. The van der Waals surface area contributed by atoms with Crippen molar-refractivity contribution in [2.45, 2.75) is 18.9 Å². The molecule has 0 unspecified atom stereocenters. The molecule has 0 aliphatic carbocycles. The second-order valence-electron chi connectivity index (χ2n) is 4.51. The summed E-state index contributed by atoms with van der Waals surface area (Å²) in [5.74, 6) is -0.0792. The van der Waals surface area contributed by atoms with Crippen molar-refractivity contribution < 1.29 is 9.53 Å². The Kier molecular flexibility index (Phi) is 3.53. The number of H-pyrrole nitrogens is 1. The summed E-state index contributed by atoms with van der Waals surface area (Å²) < 4.78 is 5.68. The highest BCUT2D eigenvalue weighted by atomic mass is 16.5. The number of rotatable bonds is 3. The number of amides is 1. The first-order valence-electron chi connectivity index (χ1n) is 6.42. The number of likely N-dealkylation sites (tertiary alicyclic amines) is 1. The Labute approximate surface area is 115 Å². The van der Waals surface area contributed by atoms with E-state index < -0.39 is 0 Å². The van der Waals surface area contributed by atoms with Gasteiger partial charge in [0.25, 0.3) is 5.91 Å². The fourth-order valence-electron chi connectivity index (χ4n) is 2.14. The fraction of sp³-hybridized carbons (Fsp3) is 0.417. The van der Waals surface area contributed by atoms with Crippen LogP contribution in [0.5, 0.6) is 6.01 Å². The summed E-state index contributed by atoms with van der Waals surface area (Å²) in [5, 5.41) is 9.74. The Morgan fingerprint density at radius 3 is 2.70 bits per heavy atom. The van der Waals surface area contributed by atoms with Gasteiger partial charge in [-0.2, -0.15) is 0 Å². The normalized spacial score (nSPS) is 16.1. The molecule has 2 aromatic rings. The molecule has 1 fully saturated rings. The summed E-state index contributed by atoms with van der Waals surface area (Å²) in [6.45, 7) is 1.27. The first-order chi connectivity index (χ1) is 9.83. The zero-order valence-electron chi connectivity index (χ0n) is 10.8. The van der Waals surface area contributed by atoms with E-state index in [1.807, 2.05) is 0 Å². The second kappa shape index (κ2) is 5.64. The quantitative estimate of drug-likeness (QED) is 0.863. The summed E-state index contributed by atoms with van der Waals surface area (Å²) in [6, 6.07) is 2.13. The second-order valence-corrected chi connectivity index (χ2v) is 4.51. The van der Waals surface area contributed by atoms with Crippen LogP contribution in [0.2, 0.25) is 0 Å². The van der Waals surface area contributed by atoms with E-state index >= 15 is 0 Å². The van der Waals surface area contributed by atoms with Crippen LogP contribution in [0.3, 0.4) is 0 Å². The Bertz CT molecular complexity index is 551. The molecule has 1 aliphatic heterocycles. The van der Waals surface area contributed by atoms with Crippen molar-refractivity contribution in [2.75, 3.05) is 13.1 Å². The van der Waals surface area contributed by atoms with Crippen LogP contribution in [-0.2, 0) is 0 Å². The van der Waals surface area contributed by atoms with Gasteiger partial charge in [0.15, 0.2) is 0 Å². The Hall–Kier alpha value is -2.51. The van der Waals surface area contributed by atoms with Crippen molar-refractivity contribution in [1.82, 2.24) is 30.3 Å². The average molecular weight is 274 g/mol. The van der Waals surface area contributed by atoms with Gasteiger partial charge in [-0.25, -0.2) is 9.97 Å². The predicted octanol–water partition coefficient (Wildman–Crippen LogP) is 0.278. The number of piperidine rings is 1. The van der Waals surface area contributed by atoms with Crippen LogP contribution in [0.4, 0.5) is 0 Å². The molecule has 0 spiro atoms. The van der Waals surface area contributed by atoms with Gasteiger partial charge in [0.1, 0.15) is 11.8 Å². The zero-order valence-corrected chi connectivity index (χ0v) is 10.8. The molecule has 104 valence electrons. The van der Waals surface area contributed by atoms with Crippen LogP contribution in [0.1, 0.15) is 23.3 Å². The third-order valence-electron chi connectivity index (χ3n) is 3.19. The number of aromatic amines is 1. The minimum atomic E-state index is -0.0792. The lowest BCUT2D eigenvalue weighted by Crippen LogP contribution is -2.42. The molecule has 2 aromatic heterocycles. The third kappa shape index (κ3) is 2.73. The highest BCUT2D eigenvalue weighted by molar-refractivity contribution is 5.91. The standard InChI is InChI=1S/C12H14N6O2/c19-11(10-8-15-17-16-10)18-6-2-9(3-7-18)20-12-13-4-1-5-14-12/h1,4-5,8-9H,2-3,6-7H2,(H,15,16,17). The lowest BCUT2D eigenvalue weighted by Gasteiger charge is -2.31. The minimum absolute atomic E-state index is 0.0429. The molecule has 0 bridgehead atoms. The predicted molar refractivity (Wildman–Crippen MR) is 68.0 cm³/mol. The topological polar surface area (TPSA) is 96.9 Å². The largest absolute Gasteiger partial charge is 0.460 e. The van der Waals surface area contributed by atoms with Gasteiger partial charge in [0, 0.05) is 38.3 Å². The molecule has 3 heterocycles. The number of hydrogen-bond acceptors (Lipinski definition) is 6. The molecule has 1 saturated heterocycles. The van der Waals surface area contributed by atoms with Crippen LogP contribution >= 0.6 is 0 Å². The molecule has 1 amide bonds. The van der Waals surface area contributed by atoms with Gasteiger partial charge in [0.05, 0.1) is 6.20 Å². The first kappa shape index (κ1) is 12.5. The van der Waals surface area contributed by atoms with Gasteiger partial charge < -0.3 is 9.64 Å². The maximum atomic E-state index is 12.1. The van der Waals surface area contributed by atoms with Crippen molar-refractivity contribution in [1.29, 1.82) is 0 Å². The molecule has 0 radical (unpaired) electrons. The van der Waals surface area contributed by atoms with Gasteiger partial charge in [0.2, 0.25) is 0 Å². The molecule has 8 heteroatoms. The van der Waals surface area contributed by atoms with Crippen molar-refractivity contribution in [3.8, 4) is 6.01 Å². The molecule has 1 aliphatic rings. The van der Waals surface area contributed by atoms with Crippen molar-refractivity contribution in [3.05, 3.63) is 30.4 Å². The highest BCUT2D eigenvalue weighted by Gasteiger charge is 2.25. The van der Waals surface area contributed by atoms with Gasteiger partial charge in [-0.3, -0.25) is 9.89 Å². The van der Waals surface area contributed by atoms with Gasteiger partial charge in [-0.05, 0) is 6.07 Å². The minimum Gasteiger partial charge on any atom is -0.460 e. The van der Waals surface area contributed by atoms with Gasteiger partial charge in [-0.1, -0.05) is 5.21 Å². The van der Waals surface area contributed by atoms with E-state index in [-0.39, 0.29) is 12.0 Å². The maximum Gasteiger partial charge on any atom is 0.316 e. The summed E-state index contributed by atoms with van der Waals surface area (Å²) >= 11 is 0. The fourth-order valence-corrected chi connectivity index (χ4v) is 2.14. The Morgan fingerprint density at radius 2 is 2.05 bits per heavy atom. The summed E-state index contributed by atoms with van der Waals surface area (Å²) in [6.07, 6.45) is 6.28. The molecular weight excluding hydrogens is 260 g/mol. The maximum absolute atomic E-state index is 12.1. The van der Waals surface area contributed by atoms with Crippen LogP contribution in [0, 0.1) is 0 Å². The Morgan fingerprint density at radius 1 is 1.30 bits per heavy atom. The van der Waals surface area contributed by atoms with Gasteiger partial charge >= 0.3 is 6.01 Å². The van der Waals surface area contributed by atoms with E-state index in [1.54, 1.807) is 23.4 Å². The van der Waals surface area contributed by atoms with Crippen LogP contribution in [0.15, 0.2) is 24.7 Å².